The molecule has 0 aliphatic rings. The van der Waals surface area contributed by atoms with Crippen LogP contribution in [0.2, 0.25) is 0 Å². The molecule has 0 spiro atoms. The summed E-state index contributed by atoms with van der Waals surface area (Å²) < 4.78 is 0. The summed E-state index contributed by atoms with van der Waals surface area (Å²) in [6.07, 6.45) is -0.860. The molecule has 0 radical (unpaired) electrons. The Hall–Kier alpha value is -2.50. The molecule has 3 aromatic rings. The first-order chi connectivity index (χ1) is 11.0. The quantitative estimate of drug-likeness (QED) is 0.763. The molecule has 23 heavy (non-hydrogen) atoms. The molecule has 1 aromatic heterocycles. The highest BCUT2D eigenvalue weighted by atomic mass is 32.1. The molecule has 2 N–H and O–H groups in total. The summed E-state index contributed by atoms with van der Waals surface area (Å²) in [4.78, 5) is 15.4. The smallest absolute Gasteiger partial charge is 0.335 e. The molecule has 1 heterocycles. The van der Waals surface area contributed by atoms with E-state index in [1.807, 2.05) is 36.6 Å². The van der Waals surface area contributed by atoms with Crippen LogP contribution in [0.25, 0.3) is 11.3 Å². The maximum atomic E-state index is 10.9. The van der Waals surface area contributed by atoms with Crippen LogP contribution in [0.3, 0.4) is 0 Å². The summed E-state index contributed by atoms with van der Waals surface area (Å²) in [7, 11) is 0. The molecule has 2 aromatic carbocycles. The molecule has 4 nitrogen and oxygen atoms in total. The molecule has 0 saturated carbocycles. The molecular formula is C18H15NO3S. The Morgan fingerprint density at radius 2 is 1.91 bits per heavy atom. The van der Waals surface area contributed by atoms with Crippen LogP contribution in [0.15, 0.2) is 53.9 Å². The van der Waals surface area contributed by atoms with Crippen molar-refractivity contribution in [2.45, 2.75) is 13.0 Å². The Morgan fingerprint density at radius 3 is 2.57 bits per heavy atom. The van der Waals surface area contributed by atoms with Crippen molar-refractivity contribution in [2.24, 2.45) is 0 Å². The number of aliphatic hydroxyl groups excluding tert-OH is 1. The number of nitrogens with zero attached hydrogens (tertiary/aromatic N) is 1. The summed E-state index contributed by atoms with van der Waals surface area (Å²) in [5.41, 5.74) is 3.82. The third-order valence-electron chi connectivity index (χ3n) is 3.54. The lowest BCUT2D eigenvalue weighted by Gasteiger charge is -2.08. The van der Waals surface area contributed by atoms with Gasteiger partial charge in [-0.1, -0.05) is 35.9 Å². The van der Waals surface area contributed by atoms with Gasteiger partial charge in [-0.05, 0) is 30.7 Å². The number of rotatable bonds is 4. The number of carbonyl (C=O) groups is 1. The normalized spacial score (nSPS) is 12.1. The van der Waals surface area contributed by atoms with Gasteiger partial charge in [0.1, 0.15) is 11.1 Å². The fourth-order valence-corrected chi connectivity index (χ4v) is 3.14. The van der Waals surface area contributed by atoms with E-state index in [1.165, 1.54) is 23.5 Å². The van der Waals surface area contributed by atoms with E-state index in [0.717, 1.165) is 16.8 Å². The SMILES string of the molecule is Cc1cccc(-c2csc(C(O)c3ccc(C(=O)O)cc3)n2)c1. The van der Waals surface area contributed by atoms with Crippen molar-refractivity contribution >= 4 is 17.3 Å². The Morgan fingerprint density at radius 1 is 1.17 bits per heavy atom. The zero-order chi connectivity index (χ0) is 16.4. The summed E-state index contributed by atoms with van der Waals surface area (Å²) in [6.45, 7) is 2.02. The molecule has 1 atom stereocenters. The molecular weight excluding hydrogens is 310 g/mol. The Balaban J connectivity index is 1.86. The van der Waals surface area contributed by atoms with Gasteiger partial charge in [0.05, 0.1) is 11.3 Å². The minimum Gasteiger partial charge on any atom is -0.478 e. The number of aliphatic hydroxyl groups is 1. The second-order valence-corrected chi connectivity index (χ2v) is 6.16. The standard InChI is InChI=1S/C18H15NO3S/c1-11-3-2-4-14(9-11)15-10-23-17(19-15)16(20)12-5-7-13(8-6-12)18(21)22/h2-10,16,20H,1H3,(H,21,22). The monoisotopic (exact) mass is 325 g/mol. The first-order valence-electron chi connectivity index (χ1n) is 7.08. The summed E-state index contributed by atoms with van der Waals surface area (Å²) in [6, 6.07) is 14.2. The Labute approximate surface area is 137 Å². The van der Waals surface area contributed by atoms with Crippen LogP contribution in [0, 0.1) is 6.92 Å². The second kappa shape index (κ2) is 6.32. The van der Waals surface area contributed by atoms with Gasteiger partial charge in [0, 0.05) is 10.9 Å². The highest BCUT2D eigenvalue weighted by molar-refractivity contribution is 7.10. The minimum absolute atomic E-state index is 0.195. The number of hydrogen-bond donors (Lipinski definition) is 2. The van der Waals surface area contributed by atoms with E-state index in [9.17, 15) is 9.90 Å². The van der Waals surface area contributed by atoms with Crippen molar-refractivity contribution in [1.29, 1.82) is 0 Å². The lowest BCUT2D eigenvalue weighted by Crippen LogP contribution is -2.01. The Bertz CT molecular complexity index is 839. The Kier molecular flexibility index (Phi) is 4.23. The highest BCUT2D eigenvalue weighted by Crippen LogP contribution is 2.29. The largest absolute Gasteiger partial charge is 0.478 e. The molecule has 116 valence electrons. The van der Waals surface area contributed by atoms with E-state index in [2.05, 4.69) is 4.98 Å². The number of carboxylic acids is 1. The van der Waals surface area contributed by atoms with Crippen LogP contribution in [0.1, 0.15) is 32.6 Å². The average Bonchev–Trinajstić information content (AvgIpc) is 3.04. The predicted molar refractivity (Wildman–Crippen MR) is 89.8 cm³/mol. The van der Waals surface area contributed by atoms with Crippen molar-refractivity contribution in [2.75, 3.05) is 0 Å². The third-order valence-corrected chi connectivity index (χ3v) is 4.44. The van der Waals surface area contributed by atoms with Crippen LogP contribution in [0.5, 0.6) is 0 Å². The zero-order valence-electron chi connectivity index (χ0n) is 12.4. The van der Waals surface area contributed by atoms with Gasteiger partial charge in [-0.2, -0.15) is 0 Å². The highest BCUT2D eigenvalue weighted by Gasteiger charge is 2.16. The van der Waals surface area contributed by atoms with Crippen LogP contribution < -0.4 is 0 Å². The molecule has 0 amide bonds. The van der Waals surface area contributed by atoms with E-state index in [-0.39, 0.29) is 5.56 Å². The van der Waals surface area contributed by atoms with Gasteiger partial charge in [0.15, 0.2) is 0 Å². The van der Waals surface area contributed by atoms with E-state index in [1.54, 1.807) is 12.1 Å². The summed E-state index contributed by atoms with van der Waals surface area (Å²) >= 11 is 1.39. The maximum absolute atomic E-state index is 10.9. The van der Waals surface area contributed by atoms with Gasteiger partial charge in [0.2, 0.25) is 0 Å². The first kappa shape index (κ1) is 15.4. The van der Waals surface area contributed by atoms with Crippen molar-refractivity contribution in [3.05, 3.63) is 75.6 Å². The predicted octanol–water partition coefficient (Wildman–Crippen LogP) is 3.90. The first-order valence-corrected chi connectivity index (χ1v) is 7.96. The number of aryl methyl sites for hydroxylation is 1. The lowest BCUT2D eigenvalue weighted by atomic mass is 10.1. The third kappa shape index (κ3) is 3.31. The molecule has 5 heteroatoms. The van der Waals surface area contributed by atoms with Gasteiger partial charge in [-0.25, -0.2) is 9.78 Å². The molecule has 0 aliphatic heterocycles. The number of hydrogen-bond acceptors (Lipinski definition) is 4. The fourth-order valence-electron chi connectivity index (χ4n) is 2.30. The number of carboxylic acid groups (broad SMARTS) is 1. The summed E-state index contributed by atoms with van der Waals surface area (Å²) in [5, 5.41) is 21.9. The van der Waals surface area contributed by atoms with Gasteiger partial charge in [-0.3, -0.25) is 0 Å². The number of aromatic nitrogens is 1. The molecule has 0 bridgehead atoms. The van der Waals surface area contributed by atoms with Gasteiger partial charge >= 0.3 is 5.97 Å². The number of benzene rings is 2. The lowest BCUT2D eigenvalue weighted by molar-refractivity contribution is 0.0696. The van der Waals surface area contributed by atoms with E-state index in [4.69, 9.17) is 5.11 Å². The zero-order valence-corrected chi connectivity index (χ0v) is 13.2. The van der Waals surface area contributed by atoms with E-state index < -0.39 is 12.1 Å². The van der Waals surface area contributed by atoms with Gasteiger partial charge in [0.25, 0.3) is 0 Å². The second-order valence-electron chi connectivity index (χ2n) is 5.27. The average molecular weight is 325 g/mol. The fraction of sp³-hybridized carbons (Fsp3) is 0.111. The number of aromatic carboxylic acids is 1. The van der Waals surface area contributed by atoms with Crippen LogP contribution in [0.4, 0.5) is 0 Å². The van der Waals surface area contributed by atoms with Crippen LogP contribution in [-0.2, 0) is 0 Å². The maximum Gasteiger partial charge on any atom is 0.335 e. The molecule has 1 unspecified atom stereocenters. The topological polar surface area (TPSA) is 70.4 Å². The minimum atomic E-state index is -0.984. The van der Waals surface area contributed by atoms with Gasteiger partial charge < -0.3 is 10.2 Å². The molecule has 0 aliphatic carbocycles. The van der Waals surface area contributed by atoms with Crippen molar-refractivity contribution in [3.8, 4) is 11.3 Å². The van der Waals surface area contributed by atoms with E-state index >= 15 is 0 Å². The van der Waals surface area contributed by atoms with Crippen molar-refractivity contribution in [1.82, 2.24) is 4.98 Å². The molecule has 0 fully saturated rings. The van der Waals surface area contributed by atoms with Crippen LogP contribution >= 0.6 is 11.3 Å². The summed E-state index contributed by atoms with van der Waals surface area (Å²) in [5.74, 6) is -0.984. The van der Waals surface area contributed by atoms with Crippen LogP contribution in [-0.4, -0.2) is 21.2 Å². The molecule has 3 rings (SSSR count). The van der Waals surface area contributed by atoms with Crippen molar-refractivity contribution < 1.29 is 15.0 Å². The van der Waals surface area contributed by atoms with Crippen molar-refractivity contribution in [3.63, 3.8) is 0 Å². The number of thiazole rings is 1. The van der Waals surface area contributed by atoms with Gasteiger partial charge in [-0.15, -0.1) is 11.3 Å². The molecule has 0 saturated heterocycles. The van der Waals surface area contributed by atoms with E-state index in [0.29, 0.717) is 10.6 Å².